The molecule has 0 bridgehead atoms. The van der Waals surface area contributed by atoms with Gasteiger partial charge in [0, 0.05) is 57.6 Å². The first-order valence-electron chi connectivity index (χ1n) is 13.4. The molecule has 0 spiro atoms. The first-order valence-corrected chi connectivity index (χ1v) is 13.4. The average Bonchev–Trinajstić information content (AvgIpc) is 3.59. The molecule has 0 radical (unpaired) electrons. The Kier molecular flexibility index (Phi) is 9.22. The van der Waals surface area contributed by atoms with Crippen molar-refractivity contribution in [2.45, 2.75) is 57.4 Å². The van der Waals surface area contributed by atoms with E-state index in [0.717, 1.165) is 18.4 Å². The molecular weight excluding hydrogens is 494 g/mol. The van der Waals surface area contributed by atoms with Crippen LogP contribution in [0.25, 0.3) is 0 Å². The van der Waals surface area contributed by atoms with Gasteiger partial charge in [-0.1, -0.05) is 19.4 Å². The number of carboxylic acid groups (broad SMARTS) is 1. The molecule has 3 amide bonds. The summed E-state index contributed by atoms with van der Waals surface area (Å²) in [5.74, 6) is -1.72. The maximum absolute atomic E-state index is 13.4. The van der Waals surface area contributed by atoms with Gasteiger partial charge in [-0.2, -0.15) is 0 Å². The van der Waals surface area contributed by atoms with E-state index in [-0.39, 0.29) is 63.5 Å². The molecular formula is C27H37N3O8. The Balaban J connectivity index is 1.59. The lowest BCUT2D eigenvalue weighted by Gasteiger charge is -2.30. The third-order valence-electron chi connectivity index (χ3n) is 7.72. The quantitative estimate of drug-likeness (QED) is 0.362. The maximum Gasteiger partial charge on any atom is 0.308 e. The van der Waals surface area contributed by atoms with Gasteiger partial charge in [0.05, 0.1) is 12.5 Å². The van der Waals surface area contributed by atoms with Gasteiger partial charge in [0.1, 0.15) is 0 Å². The fourth-order valence-electron chi connectivity index (χ4n) is 5.71. The number of amides is 3. The van der Waals surface area contributed by atoms with Crippen molar-refractivity contribution < 1.29 is 38.9 Å². The molecule has 0 unspecified atom stereocenters. The molecule has 3 aliphatic rings. The van der Waals surface area contributed by atoms with Gasteiger partial charge in [-0.3, -0.25) is 29.0 Å². The molecule has 38 heavy (non-hydrogen) atoms. The molecule has 11 nitrogen and oxygen atoms in total. The molecule has 2 saturated heterocycles. The van der Waals surface area contributed by atoms with Crippen LogP contribution in [0.1, 0.15) is 56.9 Å². The monoisotopic (exact) mass is 531 g/mol. The van der Waals surface area contributed by atoms with Crippen molar-refractivity contribution in [1.29, 1.82) is 0 Å². The molecule has 3 atom stereocenters. The molecule has 2 N–H and O–H groups in total. The van der Waals surface area contributed by atoms with Gasteiger partial charge in [-0.05, 0) is 37.0 Å². The second-order valence-corrected chi connectivity index (χ2v) is 10.1. The fraction of sp³-hybridized carbons (Fsp3) is 0.630. The number of carboxylic acids is 1. The number of ether oxygens (including phenoxy) is 2. The summed E-state index contributed by atoms with van der Waals surface area (Å²) in [6.07, 6.45) is 2.82. The summed E-state index contributed by atoms with van der Waals surface area (Å²) >= 11 is 0. The number of carbonyl (C=O) groups excluding carboxylic acids is 3. The van der Waals surface area contributed by atoms with Gasteiger partial charge in [0.15, 0.2) is 11.5 Å². The Bertz CT molecular complexity index is 1020. The smallest absolute Gasteiger partial charge is 0.308 e. The summed E-state index contributed by atoms with van der Waals surface area (Å²) in [5, 5.41) is 19.6. The number of imide groups is 1. The highest BCUT2D eigenvalue weighted by Gasteiger charge is 2.48. The predicted molar refractivity (Wildman–Crippen MR) is 136 cm³/mol. The predicted octanol–water partition coefficient (Wildman–Crippen LogP) is 1.43. The molecule has 11 heteroatoms. The summed E-state index contributed by atoms with van der Waals surface area (Å²) in [5.41, 5.74) is 0.776. The lowest BCUT2D eigenvalue weighted by Crippen LogP contribution is -2.46. The fourth-order valence-corrected chi connectivity index (χ4v) is 5.71. The Morgan fingerprint density at radius 3 is 2.47 bits per heavy atom. The lowest BCUT2D eigenvalue weighted by atomic mass is 9.84. The highest BCUT2D eigenvalue weighted by molar-refractivity contribution is 6.01. The molecule has 3 heterocycles. The van der Waals surface area contributed by atoms with E-state index >= 15 is 0 Å². The van der Waals surface area contributed by atoms with Crippen LogP contribution in [0.2, 0.25) is 0 Å². The number of unbranched alkanes of at least 4 members (excludes halogenated alkanes) is 1. The maximum atomic E-state index is 13.4. The third kappa shape index (κ3) is 6.10. The van der Waals surface area contributed by atoms with Gasteiger partial charge in [0.25, 0.3) is 0 Å². The van der Waals surface area contributed by atoms with Crippen LogP contribution in [0.15, 0.2) is 18.2 Å². The Hall–Kier alpha value is -3.18. The van der Waals surface area contributed by atoms with Gasteiger partial charge in [-0.25, -0.2) is 0 Å². The number of nitrogens with zero attached hydrogens (tertiary/aromatic N) is 3. The third-order valence-corrected chi connectivity index (χ3v) is 7.72. The van der Waals surface area contributed by atoms with Gasteiger partial charge < -0.3 is 24.6 Å². The summed E-state index contributed by atoms with van der Waals surface area (Å²) in [6, 6.07) is 4.84. The highest BCUT2D eigenvalue weighted by Crippen LogP contribution is 2.42. The van der Waals surface area contributed by atoms with Crippen molar-refractivity contribution in [3.8, 4) is 11.5 Å². The molecule has 208 valence electrons. The van der Waals surface area contributed by atoms with Crippen LogP contribution in [0.3, 0.4) is 0 Å². The normalized spacial score (nSPS) is 22.9. The topological polar surface area (TPSA) is 137 Å². The summed E-state index contributed by atoms with van der Waals surface area (Å²) < 4.78 is 10.9. The van der Waals surface area contributed by atoms with E-state index in [1.54, 1.807) is 17.0 Å². The number of benzene rings is 1. The first-order chi connectivity index (χ1) is 18.3. The molecule has 4 rings (SSSR count). The van der Waals surface area contributed by atoms with E-state index in [2.05, 4.69) is 0 Å². The minimum absolute atomic E-state index is 0.0204. The van der Waals surface area contributed by atoms with Crippen molar-refractivity contribution in [2.75, 3.05) is 46.1 Å². The largest absolute Gasteiger partial charge is 0.481 e. The number of likely N-dealkylation sites (tertiary alicyclic amines) is 2. The molecule has 0 aliphatic carbocycles. The van der Waals surface area contributed by atoms with E-state index in [9.17, 15) is 29.4 Å². The number of carbonyl (C=O) groups is 4. The van der Waals surface area contributed by atoms with E-state index < -0.39 is 23.8 Å². The zero-order chi connectivity index (χ0) is 27.2. The molecule has 0 saturated carbocycles. The number of hydrogen-bond acceptors (Lipinski definition) is 8. The minimum atomic E-state index is -0.991. The summed E-state index contributed by atoms with van der Waals surface area (Å²) in [6.45, 7) is 3.59. The molecule has 0 aromatic heterocycles. The molecule has 1 aromatic carbocycles. The van der Waals surface area contributed by atoms with Gasteiger partial charge in [0.2, 0.25) is 24.5 Å². The minimum Gasteiger partial charge on any atom is -0.481 e. The van der Waals surface area contributed by atoms with Crippen molar-refractivity contribution in [3.05, 3.63) is 23.8 Å². The standard InChI is InChI=1S/C27H37N3O8/c1-2-3-10-28(11-4-13-31)25(34)16-29-15-19(18-5-6-21-22(14-18)38-17-37-21)26(27(35)36)20(29)9-12-30-23(32)7-8-24(30)33/h5-6,14,19-20,26,31H,2-4,7-13,15-17H2,1H3,(H,35,36)/t19-,20+,26-/m1/s1. The zero-order valence-electron chi connectivity index (χ0n) is 21.8. The van der Waals surface area contributed by atoms with E-state index in [1.165, 1.54) is 4.90 Å². The zero-order valence-corrected chi connectivity index (χ0v) is 21.8. The number of aliphatic carboxylic acids is 1. The van der Waals surface area contributed by atoms with Gasteiger partial charge >= 0.3 is 5.97 Å². The Morgan fingerprint density at radius 2 is 1.79 bits per heavy atom. The van der Waals surface area contributed by atoms with Crippen LogP contribution in [0.4, 0.5) is 0 Å². The van der Waals surface area contributed by atoms with Crippen LogP contribution in [0, 0.1) is 5.92 Å². The molecule has 2 fully saturated rings. The second-order valence-electron chi connectivity index (χ2n) is 10.1. The second kappa shape index (κ2) is 12.6. The van der Waals surface area contributed by atoms with Crippen LogP contribution in [-0.2, 0) is 19.2 Å². The van der Waals surface area contributed by atoms with E-state index in [4.69, 9.17) is 9.47 Å². The summed E-state index contributed by atoms with van der Waals surface area (Å²) in [7, 11) is 0. The first kappa shape index (κ1) is 27.8. The number of fused-ring (bicyclic) bond motifs is 1. The highest BCUT2D eigenvalue weighted by atomic mass is 16.7. The van der Waals surface area contributed by atoms with Crippen LogP contribution >= 0.6 is 0 Å². The van der Waals surface area contributed by atoms with Crippen LogP contribution in [0.5, 0.6) is 11.5 Å². The molecule has 3 aliphatic heterocycles. The number of rotatable bonds is 13. The lowest BCUT2D eigenvalue weighted by molar-refractivity contribution is -0.144. The average molecular weight is 532 g/mol. The Labute approximate surface area is 222 Å². The van der Waals surface area contributed by atoms with Crippen molar-refractivity contribution >= 4 is 23.7 Å². The van der Waals surface area contributed by atoms with E-state index in [1.807, 2.05) is 17.9 Å². The SMILES string of the molecule is CCCCN(CCCO)C(=O)CN1C[C@H](c2ccc3c(c2)OCO3)[C@@H](C(=O)O)[C@@H]1CCN1C(=O)CCC1=O. The number of aliphatic hydroxyl groups is 1. The number of aliphatic hydroxyl groups excluding tert-OH is 1. The van der Waals surface area contributed by atoms with Gasteiger partial charge in [-0.15, -0.1) is 0 Å². The van der Waals surface area contributed by atoms with E-state index in [0.29, 0.717) is 37.6 Å². The van der Waals surface area contributed by atoms with Crippen molar-refractivity contribution in [2.24, 2.45) is 5.92 Å². The Morgan fingerprint density at radius 1 is 1.08 bits per heavy atom. The summed E-state index contributed by atoms with van der Waals surface area (Å²) in [4.78, 5) is 55.3. The van der Waals surface area contributed by atoms with Crippen molar-refractivity contribution in [1.82, 2.24) is 14.7 Å². The molecule has 1 aromatic rings. The van der Waals surface area contributed by atoms with Crippen LogP contribution < -0.4 is 9.47 Å². The number of hydrogen-bond donors (Lipinski definition) is 2. The van der Waals surface area contributed by atoms with Crippen LogP contribution in [-0.4, -0.2) is 101 Å². The van der Waals surface area contributed by atoms with Crippen molar-refractivity contribution in [3.63, 3.8) is 0 Å².